The molecule has 0 aromatic carbocycles. The summed E-state index contributed by atoms with van der Waals surface area (Å²) in [5.41, 5.74) is 2.91. The Labute approximate surface area is 87.4 Å². The maximum absolute atomic E-state index is 5.64. The average molecular weight is 200 g/mol. The Bertz CT molecular complexity index is 146. The molecule has 3 heteroatoms. The molecule has 0 radical (unpaired) electrons. The molecule has 3 atom stereocenters. The lowest BCUT2D eigenvalue weighted by molar-refractivity contribution is 0.0701. The number of nitrogens with two attached hydrogens (primary N) is 1. The molecule has 0 aliphatic carbocycles. The molecule has 84 valence electrons. The van der Waals surface area contributed by atoms with Crippen molar-refractivity contribution in [2.75, 3.05) is 6.61 Å². The minimum absolute atomic E-state index is 0.346. The molecular weight excluding hydrogens is 176 g/mol. The van der Waals surface area contributed by atoms with Crippen molar-refractivity contribution in [2.45, 2.75) is 58.1 Å². The van der Waals surface area contributed by atoms with Crippen molar-refractivity contribution < 1.29 is 4.74 Å². The highest BCUT2D eigenvalue weighted by Gasteiger charge is 2.25. The summed E-state index contributed by atoms with van der Waals surface area (Å²) in [6, 6.07) is 0.346. The fourth-order valence-corrected chi connectivity index (χ4v) is 2.29. The van der Waals surface area contributed by atoms with Crippen molar-refractivity contribution in [2.24, 2.45) is 11.8 Å². The van der Waals surface area contributed by atoms with Crippen LogP contribution in [0.1, 0.15) is 46.0 Å². The molecule has 0 bridgehead atoms. The maximum atomic E-state index is 5.64. The Balaban J connectivity index is 2.29. The van der Waals surface area contributed by atoms with Gasteiger partial charge in [0.1, 0.15) is 0 Å². The molecule has 1 saturated heterocycles. The van der Waals surface area contributed by atoms with Crippen LogP contribution < -0.4 is 11.3 Å². The van der Waals surface area contributed by atoms with Gasteiger partial charge in [-0.05, 0) is 25.2 Å². The van der Waals surface area contributed by atoms with E-state index in [4.69, 9.17) is 10.6 Å². The first-order valence-corrected chi connectivity index (χ1v) is 5.85. The maximum Gasteiger partial charge on any atom is 0.0742 e. The van der Waals surface area contributed by atoms with Crippen LogP contribution in [0.25, 0.3) is 0 Å². The second-order valence-corrected chi connectivity index (χ2v) is 4.45. The molecule has 1 fully saturated rings. The fourth-order valence-electron chi connectivity index (χ4n) is 2.29. The summed E-state index contributed by atoms with van der Waals surface area (Å²) in [6.07, 6.45) is 6.36. The van der Waals surface area contributed by atoms with E-state index in [9.17, 15) is 0 Å². The van der Waals surface area contributed by atoms with Crippen LogP contribution in [0.15, 0.2) is 0 Å². The Morgan fingerprint density at radius 1 is 1.57 bits per heavy atom. The zero-order chi connectivity index (χ0) is 10.4. The second-order valence-electron chi connectivity index (χ2n) is 4.45. The zero-order valence-electron chi connectivity index (χ0n) is 9.46. The van der Waals surface area contributed by atoms with Gasteiger partial charge in [0.15, 0.2) is 0 Å². The largest absolute Gasteiger partial charge is 0.377 e. The van der Waals surface area contributed by atoms with E-state index in [1.807, 2.05) is 0 Å². The van der Waals surface area contributed by atoms with Crippen LogP contribution in [0.5, 0.6) is 0 Å². The summed E-state index contributed by atoms with van der Waals surface area (Å²) in [6.45, 7) is 5.43. The number of hydrazine groups is 1. The third-order valence-electron chi connectivity index (χ3n) is 3.07. The number of rotatable bonds is 6. The van der Waals surface area contributed by atoms with Gasteiger partial charge in [-0.2, -0.15) is 0 Å². The summed E-state index contributed by atoms with van der Waals surface area (Å²) in [5.74, 6) is 6.31. The van der Waals surface area contributed by atoms with E-state index < -0.39 is 0 Å². The first-order valence-electron chi connectivity index (χ1n) is 5.85. The SMILES string of the molecule is CCCC(C)CC(NN)C1CCCO1. The van der Waals surface area contributed by atoms with Crippen molar-refractivity contribution in [1.29, 1.82) is 0 Å². The van der Waals surface area contributed by atoms with Crippen molar-refractivity contribution in [3.63, 3.8) is 0 Å². The summed E-state index contributed by atoms with van der Waals surface area (Å²) >= 11 is 0. The summed E-state index contributed by atoms with van der Waals surface area (Å²) < 4.78 is 5.64. The van der Waals surface area contributed by atoms with Gasteiger partial charge in [0.25, 0.3) is 0 Å². The van der Waals surface area contributed by atoms with Crippen molar-refractivity contribution in [3.05, 3.63) is 0 Å². The van der Waals surface area contributed by atoms with Crippen LogP contribution in [0.3, 0.4) is 0 Å². The number of nitrogens with one attached hydrogen (secondary N) is 1. The predicted octanol–water partition coefficient (Wildman–Crippen LogP) is 1.82. The van der Waals surface area contributed by atoms with Crippen LogP contribution >= 0.6 is 0 Å². The van der Waals surface area contributed by atoms with Crippen LogP contribution in [0, 0.1) is 5.92 Å². The summed E-state index contributed by atoms with van der Waals surface area (Å²) in [4.78, 5) is 0. The van der Waals surface area contributed by atoms with E-state index in [2.05, 4.69) is 19.3 Å². The first kappa shape index (κ1) is 12.0. The molecule has 3 nitrogen and oxygen atoms in total. The number of ether oxygens (including phenoxy) is 1. The molecule has 14 heavy (non-hydrogen) atoms. The lowest BCUT2D eigenvalue weighted by Crippen LogP contribution is -2.44. The van der Waals surface area contributed by atoms with E-state index in [0.717, 1.165) is 25.4 Å². The first-order chi connectivity index (χ1) is 6.77. The average Bonchev–Trinajstić information content (AvgIpc) is 2.67. The highest BCUT2D eigenvalue weighted by molar-refractivity contribution is 4.80. The molecule has 0 amide bonds. The second kappa shape index (κ2) is 6.38. The van der Waals surface area contributed by atoms with Crippen molar-refractivity contribution in [1.82, 2.24) is 5.43 Å². The molecule has 0 saturated carbocycles. The van der Waals surface area contributed by atoms with E-state index in [-0.39, 0.29) is 0 Å². The van der Waals surface area contributed by atoms with E-state index >= 15 is 0 Å². The van der Waals surface area contributed by atoms with Gasteiger partial charge in [0.05, 0.1) is 6.10 Å². The molecule has 1 rings (SSSR count). The Morgan fingerprint density at radius 3 is 2.86 bits per heavy atom. The molecule has 0 aromatic heterocycles. The molecular formula is C11H24N2O. The topological polar surface area (TPSA) is 47.3 Å². The minimum atomic E-state index is 0.346. The molecule has 1 aliphatic heterocycles. The number of hydrogen-bond donors (Lipinski definition) is 2. The van der Waals surface area contributed by atoms with Crippen LogP contribution in [0.2, 0.25) is 0 Å². The van der Waals surface area contributed by atoms with Gasteiger partial charge in [0.2, 0.25) is 0 Å². The van der Waals surface area contributed by atoms with Gasteiger partial charge >= 0.3 is 0 Å². The van der Waals surface area contributed by atoms with Crippen LogP contribution in [0.4, 0.5) is 0 Å². The van der Waals surface area contributed by atoms with E-state index in [1.165, 1.54) is 19.3 Å². The third kappa shape index (κ3) is 3.56. The molecule has 0 spiro atoms. The lowest BCUT2D eigenvalue weighted by Gasteiger charge is -2.24. The van der Waals surface area contributed by atoms with Gasteiger partial charge in [-0.25, -0.2) is 0 Å². The van der Waals surface area contributed by atoms with Crippen molar-refractivity contribution >= 4 is 0 Å². The fraction of sp³-hybridized carbons (Fsp3) is 1.00. The minimum Gasteiger partial charge on any atom is -0.377 e. The lowest BCUT2D eigenvalue weighted by atomic mass is 9.94. The molecule has 3 unspecified atom stereocenters. The summed E-state index contributed by atoms with van der Waals surface area (Å²) in [7, 11) is 0. The Morgan fingerprint density at radius 2 is 2.36 bits per heavy atom. The highest BCUT2D eigenvalue weighted by Crippen LogP contribution is 2.21. The van der Waals surface area contributed by atoms with E-state index in [1.54, 1.807) is 0 Å². The van der Waals surface area contributed by atoms with Gasteiger partial charge < -0.3 is 4.74 Å². The highest BCUT2D eigenvalue weighted by atomic mass is 16.5. The van der Waals surface area contributed by atoms with E-state index in [0.29, 0.717) is 12.1 Å². The quantitative estimate of drug-likeness (QED) is 0.508. The van der Waals surface area contributed by atoms with Crippen LogP contribution in [-0.4, -0.2) is 18.8 Å². The normalized spacial score (nSPS) is 26.4. The van der Waals surface area contributed by atoms with Gasteiger partial charge in [0, 0.05) is 12.6 Å². The predicted molar refractivity (Wildman–Crippen MR) is 58.8 cm³/mol. The molecule has 0 aromatic rings. The monoisotopic (exact) mass is 200 g/mol. The Hall–Kier alpha value is -0.120. The molecule has 1 aliphatic rings. The van der Waals surface area contributed by atoms with Gasteiger partial charge in [-0.3, -0.25) is 11.3 Å². The zero-order valence-corrected chi connectivity index (χ0v) is 9.46. The van der Waals surface area contributed by atoms with Crippen molar-refractivity contribution in [3.8, 4) is 0 Å². The standard InChI is InChI=1S/C11H24N2O/c1-3-5-9(2)8-10(13-12)11-6-4-7-14-11/h9-11,13H,3-8,12H2,1-2H3. The molecule has 3 N–H and O–H groups in total. The van der Waals surface area contributed by atoms with Crippen LogP contribution in [-0.2, 0) is 4.74 Å². The number of hydrogen-bond acceptors (Lipinski definition) is 3. The van der Waals surface area contributed by atoms with Gasteiger partial charge in [-0.15, -0.1) is 0 Å². The summed E-state index contributed by atoms with van der Waals surface area (Å²) in [5, 5.41) is 0. The molecule has 1 heterocycles. The smallest absolute Gasteiger partial charge is 0.0742 e. The third-order valence-corrected chi connectivity index (χ3v) is 3.07. The van der Waals surface area contributed by atoms with Gasteiger partial charge in [-0.1, -0.05) is 26.7 Å². The Kier molecular flexibility index (Phi) is 5.45.